The molecule has 1 aliphatic carbocycles. The molecule has 1 aromatic heterocycles. The molecule has 4 rings (SSSR count). The van der Waals surface area contributed by atoms with Gasteiger partial charge < -0.3 is 14.5 Å². The van der Waals surface area contributed by atoms with Crippen LogP contribution in [0.15, 0.2) is 0 Å². The smallest absolute Gasteiger partial charge is 0.410 e. The lowest BCUT2D eigenvalue weighted by molar-refractivity contribution is -0.00508. The van der Waals surface area contributed by atoms with E-state index in [0.717, 1.165) is 57.3 Å². The summed E-state index contributed by atoms with van der Waals surface area (Å²) in [4.78, 5) is 29.2. The monoisotopic (exact) mass is 389 g/mol. The Morgan fingerprint density at radius 1 is 1.07 bits per heavy atom. The maximum Gasteiger partial charge on any atom is 0.410 e. The number of likely N-dealkylation sites (tertiary alicyclic amines) is 2. The van der Waals surface area contributed by atoms with Crippen molar-refractivity contribution >= 4 is 12.0 Å². The van der Waals surface area contributed by atoms with Crippen molar-refractivity contribution < 1.29 is 14.3 Å². The van der Waals surface area contributed by atoms with Gasteiger partial charge in [-0.15, -0.1) is 0 Å². The summed E-state index contributed by atoms with van der Waals surface area (Å²) in [6, 6.07) is 0. The summed E-state index contributed by atoms with van der Waals surface area (Å²) in [5.74, 6) is 0.401. The van der Waals surface area contributed by atoms with Gasteiger partial charge in [0.05, 0.1) is 5.69 Å². The number of amides is 2. The molecule has 28 heavy (non-hydrogen) atoms. The summed E-state index contributed by atoms with van der Waals surface area (Å²) >= 11 is 0. The van der Waals surface area contributed by atoms with Gasteiger partial charge in [0.2, 0.25) is 0 Å². The second-order valence-electron chi connectivity index (χ2n) is 9.63. The van der Waals surface area contributed by atoms with Crippen LogP contribution in [0.4, 0.5) is 4.79 Å². The molecule has 1 N–H and O–H groups in total. The van der Waals surface area contributed by atoms with Crippen molar-refractivity contribution in [2.75, 3.05) is 26.2 Å². The molecule has 3 fully saturated rings. The topological polar surface area (TPSA) is 91.4 Å². The average Bonchev–Trinajstić information content (AvgIpc) is 3.37. The van der Waals surface area contributed by atoms with Crippen molar-refractivity contribution in [2.24, 2.45) is 5.41 Å². The second-order valence-corrected chi connectivity index (χ2v) is 9.63. The minimum atomic E-state index is -0.475. The predicted molar refractivity (Wildman–Crippen MR) is 103 cm³/mol. The zero-order valence-corrected chi connectivity index (χ0v) is 17.2. The standard InChI is InChI=1S/C20H31N5O3/c1-19(2,3)28-18(27)24-11-8-20(9-12-24)7-4-10-25(13-20)17(26)16-15(14-5-6-14)21-23-22-16/h14H,4-13H2,1-3H3,(H,21,22,23). The Bertz CT molecular complexity index is 741. The number of rotatable bonds is 2. The van der Waals surface area contributed by atoms with Crippen LogP contribution in [-0.2, 0) is 4.74 Å². The van der Waals surface area contributed by atoms with Crippen molar-refractivity contribution in [1.82, 2.24) is 25.2 Å². The summed E-state index contributed by atoms with van der Waals surface area (Å²) in [6.45, 7) is 8.56. The first-order valence-electron chi connectivity index (χ1n) is 10.4. The lowest BCUT2D eigenvalue weighted by atomic mass is 9.72. The van der Waals surface area contributed by atoms with Crippen LogP contribution in [-0.4, -0.2) is 69.0 Å². The molecule has 0 bridgehead atoms. The summed E-state index contributed by atoms with van der Waals surface area (Å²) < 4.78 is 5.51. The van der Waals surface area contributed by atoms with Crippen molar-refractivity contribution in [1.29, 1.82) is 0 Å². The molecular formula is C20H31N5O3. The van der Waals surface area contributed by atoms with E-state index in [2.05, 4.69) is 15.4 Å². The van der Waals surface area contributed by atoms with Crippen LogP contribution in [0.5, 0.6) is 0 Å². The Labute approximate surface area is 166 Å². The maximum atomic E-state index is 13.1. The third kappa shape index (κ3) is 4.00. The first-order chi connectivity index (χ1) is 13.3. The number of piperidine rings is 2. The van der Waals surface area contributed by atoms with Crippen molar-refractivity contribution in [3.8, 4) is 0 Å². The van der Waals surface area contributed by atoms with Crippen molar-refractivity contribution in [3.05, 3.63) is 11.4 Å². The summed E-state index contributed by atoms with van der Waals surface area (Å²) in [7, 11) is 0. The molecule has 0 unspecified atom stereocenters. The quantitative estimate of drug-likeness (QED) is 0.840. The van der Waals surface area contributed by atoms with E-state index >= 15 is 0 Å². The molecule has 1 saturated carbocycles. The SMILES string of the molecule is CC(C)(C)OC(=O)N1CCC2(CCCN(C(=O)c3n[nH]nc3C3CC3)C2)CC1. The van der Waals surface area contributed by atoms with E-state index in [-0.39, 0.29) is 17.4 Å². The number of aromatic nitrogens is 3. The highest BCUT2D eigenvalue weighted by molar-refractivity contribution is 5.93. The van der Waals surface area contributed by atoms with Gasteiger partial charge in [0, 0.05) is 32.1 Å². The molecule has 0 radical (unpaired) electrons. The predicted octanol–water partition coefficient (Wildman–Crippen LogP) is 2.94. The summed E-state index contributed by atoms with van der Waals surface area (Å²) in [5, 5.41) is 11.0. The number of ether oxygens (including phenoxy) is 1. The minimum absolute atomic E-state index is 0.00398. The van der Waals surface area contributed by atoms with E-state index in [0.29, 0.717) is 24.7 Å². The highest BCUT2D eigenvalue weighted by Gasteiger charge is 2.42. The van der Waals surface area contributed by atoms with Crippen LogP contribution in [0, 0.1) is 5.41 Å². The number of carbonyl (C=O) groups excluding carboxylic acids is 2. The lowest BCUT2D eigenvalue weighted by Crippen LogP contribution is -2.52. The van der Waals surface area contributed by atoms with Gasteiger partial charge >= 0.3 is 6.09 Å². The summed E-state index contributed by atoms with van der Waals surface area (Å²) in [6.07, 6.45) is 5.87. The number of hydrogen-bond donors (Lipinski definition) is 1. The Hall–Kier alpha value is -2.12. The normalized spacial score (nSPS) is 22.4. The molecule has 3 heterocycles. The fourth-order valence-electron chi connectivity index (χ4n) is 4.47. The molecule has 8 heteroatoms. The second kappa shape index (κ2) is 7.04. The van der Waals surface area contributed by atoms with Crippen molar-refractivity contribution in [2.45, 2.75) is 70.8 Å². The van der Waals surface area contributed by atoms with Gasteiger partial charge in [-0.1, -0.05) is 0 Å². The highest BCUT2D eigenvalue weighted by Crippen LogP contribution is 2.42. The molecule has 1 aromatic rings. The van der Waals surface area contributed by atoms with E-state index in [1.165, 1.54) is 0 Å². The molecule has 2 amide bonds. The average molecular weight is 390 g/mol. The van der Waals surface area contributed by atoms with Crippen LogP contribution < -0.4 is 0 Å². The zero-order chi connectivity index (χ0) is 19.9. The first kappa shape index (κ1) is 19.2. The van der Waals surface area contributed by atoms with Gasteiger partial charge in [0.15, 0.2) is 5.69 Å². The van der Waals surface area contributed by atoms with Crippen LogP contribution >= 0.6 is 0 Å². The van der Waals surface area contributed by atoms with Gasteiger partial charge in [-0.05, 0) is 64.7 Å². The molecule has 1 spiro atoms. The van der Waals surface area contributed by atoms with E-state index < -0.39 is 5.60 Å². The Morgan fingerprint density at radius 2 is 1.79 bits per heavy atom. The van der Waals surface area contributed by atoms with Crippen LogP contribution in [0.2, 0.25) is 0 Å². The van der Waals surface area contributed by atoms with E-state index in [1.807, 2.05) is 25.7 Å². The molecule has 154 valence electrons. The van der Waals surface area contributed by atoms with Gasteiger partial charge in [-0.2, -0.15) is 15.4 Å². The molecule has 2 saturated heterocycles. The van der Waals surface area contributed by atoms with Gasteiger partial charge in [0.25, 0.3) is 5.91 Å². The number of aromatic amines is 1. The van der Waals surface area contributed by atoms with E-state index in [9.17, 15) is 9.59 Å². The van der Waals surface area contributed by atoms with Gasteiger partial charge in [0.1, 0.15) is 5.60 Å². The fraction of sp³-hybridized carbons (Fsp3) is 0.800. The number of hydrogen-bond acceptors (Lipinski definition) is 5. The highest BCUT2D eigenvalue weighted by atomic mass is 16.6. The van der Waals surface area contributed by atoms with Crippen LogP contribution in [0.3, 0.4) is 0 Å². The van der Waals surface area contributed by atoms with Gasteiger partial charge in [-0.3, -0.25) is 4.79 Å². The summed E-state index contributed by atoms with van der Waals surface area (Å²) in [5.41, 5.74) is 0.961. The van der Waals surface area contributed by atoms with E-state index in [4.69, 9.17) is 4.74 Å². The maximum absolute atomic E-state index is 13.1. The van der Waals surface area contributed by atoms with Gasteiger partial charge in [-0.25, -0.2) is 4.79 Å². The molecule has 8 nitrogen and oxygen atoms in total. The molecule has 3 aliphatic rings. The molecule has 0 atom stereocenters. The number of nitrogens with zero attached hydrogens (tertiary/aromatic N) is 4. The molecule has 2 aliphatic heterocycles. The third-order valence-corrected chi connectivity index (χ3v) is 6.17. The van der Waals surface area contributed by atoms with Crippen molar-refractivity contribution in [3.63, 3.8) is 0 Å². The third-order valence-electron chi connectivity index (χ3n) is 6.17. The number of H-pyrrole nitrogens is 1. The Kier molecular flexibility index (Phi) is 4.83. The number of carbonyl (C=O) groups is 2. The number of nitrogens with one attached hydrogen (secondary N) is 1. The Morgan fingerprint density at radius 3 is 2.43 bits per heavy atom. The lowest BCUT2D eigenvalue weighted by Gasteiger charge is -2.47. The molecule has 0 aromatic carbocycles. The van der Waals surface area contributed by atoms with Crippen LogP contribution in [0.25, 0.3) is 0 Å². The van der Waals surface area contributed by atoms with Crippen LogP contribution in [0.1, 0.15) is 81.4 Å². The largest absolute Gasteiger partial charge is 0.444 e. The fourth-order valence-corrected chi connectivity index (χ4v) is 4.47. The first-order valence-corrected chi connectivity index (χ1v) is 10.4. The Balaban J connectivity index is 1.38. The zero-order valence-electron chi connectivity index (χ0n) is 17.2. The minimum Gasteiger partial charge on any atom is -0.444 e. The van der Waals surface area contributed by atoms with E-state index in [1.54, 1.807) is 4.90 Å². The molecular weight excluding hydrogens is 358 g/mol.